The van der Waals surface area contributed by atoms with Gasteiger partial charge in [0.05, 0.1) is 6.42 Å². The summed E-state index contributed by atoms with van der Waals surface area (Å²) < 4.78 is 11.3. The van der Waals surface area contributed by atoms with Crippen LogP contribution in [0.25, 0.3) is 0 Å². The highest BCUT2D eigenvalue weighted by molar-refractivity contribution is 6.31. The Hall–Kier alpha value is -2.21. The molecule has 1 aromatic carbocycles. The van der Waals surface area contributed by atoms with Gasteiger partial charge < -0.3 is 9.47 Å². The molecule has 2 saturated heterocycles. The van der Waals surface area contributed by atoms with Gasteiger partial charge in [-0.05, 0) is 50.2 Å². The molecule has 6 nitrogen and oxygen atoms in total. The van der Waals surface area contributed by atoms with Crippen molar-refractivity contribution < 1.29 is 28.7 Å². The van der Waals surface area contributed by atoms with Gasteiger partial charge in [0.15, 0.2) is 0 Å². The van der Waals surface area contributed by atoms with E-state index >= 15 is 0 Å². The predicted octanol–water partition coefficient (Wildman–Crippen LogP) is 4.23. The number of hydrogen-bond acceptors (Lipinski definition) is 6. The molecule has 0 aromatic heterocycles. The van der Waals surface area contributed by atoms with Crippen molar-refractivity contribution in [2.24, 2.45) is 5.92 Å². The van der Waals surface area contributed by atoms with E-state index in [1.807, 2.05) is 12.1 Å². The third kappa shape index (κ3) is 4.54. The van der Waals surface area contributed by atoms with E-state index in [4.69, 9.17) is 21.1 Å². The molecule has 31 heavy (non-hydrogen) atoms. The first-order chi connectivity index (χ1) is 14.7. The third-order valence-corrected chi connectivity index (χ3v) is 7.22. The lowest BCUT2D eigenvalue weighted by Gasteiger charge is -2.41. The summed E-state index contributed by atoms with van der Waals surface area (Å²) in [6.07, 6.45) is 5.34. The van der Waals surface area contributed by atoms with Gasteiger partial charge in [0.2, 0.25) is 0 Å². The Bertz CT molecular complexity index is 898. The van der Waals surface area contributed by atoms with Gasteiger partial charge >= 0.3 is 11.9 Å². The van der Waals surface area contributed by atoms with Crippen LogP contribution in [0.1, 0.15) is 75.8 Å². The Labute approximate surface area is 186 Å². The highest BCUT2D eigenvalue weighted by Crippen LogP contribution is 2.44. The van der Waals surface area contributed by atoms with Crippen LogP contribution in [0.3, 0.4) is 0 Å². The summed E-state index contributed by atoms with van der Waals surface area (Å²) in [5.74, 6) is -0.967. The summed E-state index contributed by atoms with van der Waals surface area (Å²) in [6.45, 7) is 1.70. The molecule has 1 aromatic rings. The largest absolute Gasteiger partial charge is 0.458 e. The number of aryl methyl sites for hydroxylation is 1. The van der Waals surface area contributed by atoms with Crippen LogP contribution in [0.2, 0.25) is 5.02 Å². The normalized spacial score (nSPS) is 29.7. The van der Waals surface area contributed by atoms with E-state index in [0.29, 0.717) is 23.4 Å². The molecule has 0 radical (unpaired) electrons. The van der Waals surface area contributed by atoms with Crippen LogP contribution in [0.15, 0.2) is 18.2 Å². The zero-order chi connectivity index (χ0) is 22.2. The van der Waals surface area contributed by atoms with Crippen molar-refractivity contribution in [3.8, 4) is 0 Å². The molecule has 7 heteroatoms. The van der Waals surface area contributed by atoms with Gasteiger partial charge in [0.1, 0.15) is 35.6 Å². The third-order valence-electron chi connectivity index (χ3n) is 6.91. The number of hydrogen-bond donors (Lipinski definition) is 0. The number of carbonyl (C=O) groups excluding carboxylic acids is 4. The summed E-state index contributed by atoms with van der Waals surface area (Å²) >= 11 is 6.54. The summed E-state index contributed by atoms with van der Waals surface area (Å²) in [6, 6.07) is 5.50. The molecule has 0 N–H and O–H groups in total. The Morgan fingerprint density at radius 2 is 1.61 bits per heavy atom. The molecule has 166 valence electrons. The highest BCUT2D eigenvalue weighted by atomic mass is 35.5. The van der Waals surface area contributed by atoms with Crippen LogP contribution in [-0.4, -0.2) is 29.1 Å². The van der Waals surface area contributed by atoms with Crippen molar-refractivity contribution in [2.45, 2.75) is 82.3 Å². The number of halogens is 1. The smallest absolute Gasteiger partial charge is 0.314 e. The average Bonchev–Trinajstić information content (AvgIpc) is 3.20. The second-order valence-electron chi connectivity index (χ2n) is 9.32. The lowest BCUT2D eigenvalue weighted by Crippen LogP contribution is -2.48. The first kappa shape index (κ1) is 22.0. The number of ether oxygens (including phenoxy) is 2. The van der Waals surface area contributed by atoms with Crippen molar-refractivity contribution >= 4 is 35.1 Å². The Morgan fingerprint density at radius 3 is 2.23 bits per heavy atom. The van der Waals surface area contributed by atoms with E-state index in [2.05, 4.69) is 0 Å². The van der Waals surface area contributed by atoms with Crippen molar-refractivity contribution in [2.75, 3.05) is 0 Å². The Kier molecular flexibility index (Phi) is 5.95. The molecule has 0 spiro atoms. The number of benzene rings is 1. The number of carbonyl (C=O) groups is 4. The standard InChI is InChI=1S/C24H27ClO6/c1-23(13-17(26)11-21(28)30-23)19-7-6-15(10-20(19)25)8-9-24(16-4-2-3-5-16)14-18(27)12-22(29)31-24/h6-7,10,16H,2-5,8-9,11-14H2,1H3. The molecule has 3 fully saturated rings. The molecule has 2 heterocycles. The maximum Gasteiger partial charge on any atom is 0.314 e. The highest BCUT2D eigenvalue weighted by Gasteiger charge is 2.48. The summed E-state index contributed by atoms with van der Waals surface area (Å²) in [7, 11) is 0. The van der Waals surface area contributed by atoms with Gasteiger partial charge in [-0.3, -0.25) is 19.2 Å². The topological polar surface area (TPSA) is 86.7 Å². The van der Waals surface area contributed by atoms with Gasteiger partial charge in [0, 0.05) is 17.0 Å². The Balaban J connectivity index is 1.53. The molecular formula is C24H27ClO6. The molecule has 2 atom stereocenters. The van der Waals surface area contributed by atoms with Crippen molar-refractivity contribution in [3.05, 3.63) is 34.3 Å². The number of ketones is 2. The minimum Gasteiger partial charge on any atom is -0.458 e. The monoisotopic (exact) mass is 446 g/mol. The van der Waals surface area contributed by atoms with E-state index in [0.717, 1.165) is 31.2 Å². The number of Topliss-reactive ketones (excluding diaryl/α,β-unsaturated/α-hetero) is 2. The zero-order valence-electron chi connectivity index (χ0n) is 17.7. The number of esters is 2. The van der Waals surface area contributed by atoms with Crippen molar-refractivity contribution in [1.82, 2.24) is 0 Å². The van der Waals surface area contributed by atoms with Crippen molar-refractivity contribution in [3.63, 3.8) is 0 Å². The van der Waals surface area contributed by atoms with Gasteiger partial charge in [-0.15, -0.1) is 0 Å². The zero-order valence-corrected chi connectivity index (χ0v) is 18.5. The van der Waals surface area contributed by atoms with E-state index in [1.54, 1.807) is 13.0 Å². The molecule has 0 bridgehead atoms. The first-order valence-electron chi connectivity index (χ1n) is 11.0. The second kappa shape index (κ2) is 8.38. The average molecular weight is 447 g/mol. The number of rotatable bonds is 5. The molecule has 3 aliphatic rings. The molecular weight excluding hydrogens is 420 g/mol. The number of cyclic esters (lactones) is 2. The quantitative estimate of drug-likeness (QED) is 0.497. The minimum absolute atomic E-state index is 0.0479. The van der Waals surface area contributed by atoms with Gasteiger partial charge in [0.25, 0.3) is 0 Å². The fraction of sp³-hybridized carbons (Fsp3) is 0.583. The molecule has 1 aliphatic carbocycles. The van der Waals surface area contributed by atoms with Gasteiger partial charge in [-0.25, -0.2) is 0 Å². The molecule has 2 aliphatic heterocycles. The molecule has 4 rings (SSSR count). The van der Waals surface area contributed by atoms with Gasteiger partial charge in [-0.1, -0.05) is 36.6 Å². The molecule has 2 unspecified atom stereocenters. The van der Waals surface area contributed by atoms with Crippen molar-refractivity contribution in [1.29, 1.82) is 0 Å². The van der Waals surface area contributed by atoms with Gasteiger partial charge in [-0.2, -0.15) is 0 Å². The lowest BCUT2D eigenvalue weighted by atomic mass is 9.76. The van der Waals surface area contributed by atoms with E-state index in [1.165, 1.54) is 0 Å². The van der Waals surface area contributed by atoms with Crippen LogP contribution in [0, 0.1) is 5.92 Å². The SMILES string of the molecule is CC1(c2ccc(CCC3(C4CCCC4)CC(=O)CC(=O)O3)cc2Cl)CC(=O)CC(=O)O1. The van der Waals surface area contributed by atoms with E-state index in [-0.39, 0.29) is 43.2 Å². The summed E-state index contributed by atoms with van der Waals surface area (Å²) in [4.78, 5) is 48.0. The fourth-order valence-electron chi connectivity index (χ4n) is 5.45. The summed E-state index contributed by atoms with van der Waals surface area (Å²) in [5, 5.41) is 0.425. The molecule has 0 amide bonds. The summed E-state index contributed by atoms with van der Waals surface area (Å²) in [5.41, 5.74) is -0.259. The minimum atomic E-state index is -1.07. The predicted molar refractivity (Wildman–Crippen MR) is 112 cm³/mol. The Morgan fingerprint density at radius 1 is 0.968 bits per heavy atom. The maximum absolute atomic E-state index is 12.2. The lowest BCUT2D eigenvalue weighted by molar-refractivity contribution is -0.178. The first-order valence-corrected chi connectivity index (χ1v) is 11.3. The van der Waals surface area contributed by atoms with Crippen LogP contribution < -0.4 is 0 Å². The second-order valence-corrected chi connectivity index (χ2v) is 9.73. The maximum atomic E-state index is 12.2. The molecule has 1 saturated carbocycles. The fourth-order valence-corrected chi connectivity index (χ4v) is 5.85. The van der Waals surface area contributed by atoms with Crippen LogP contribution in [0.5, 0.6) is 0 Å². The van der Waals surface area contributed by atoms with E-state index < -0.39 is 23.1 Å². The van der Waals surface area contributed by atoms with Crippen LogP contribution >= 0.6 is 11.6 Å². The van der Waals surface area contributed by atoms with Crippen LogP contribution in [-0.2, 0) is 40.7 Å². The van der Waals surface area contributed by atoms with E-state index in [9.17, 15) is 19.2 Å². The van der Waals surface area contributed by atoms with Crippen LogP contribution in [0.4, 0.5) is 0 Å².